The number of aromatic hydroxyl groups is 1. The number of phenols is 1. The minimum atomic E-state index is -0.384. The van der Waals surface area contributed by atoms with E-state index in [4.69, 9.17) is 31.2 Å². The Bertz CT molecular complexity index is 1900. The van der Waals surface area contributed by atoms with Gasteiger partial charge in [-0.1, -0.05) is 48.0 Å². The van der Waals surface area contributed by atoms with E-state index >= 15 is 0 Å². The van der Waals surface area contributed by atoms with Gasteiger partial charge in [-0.05, 0) is 43.3 Å². The number of hydrogen-bond acceptors (Lipinski definition) is 7. The predicted molar refractivity (Wildman–Crippen MR) is 145 cm³/mol. The van der Waals surface area contributed by atoms with Crippen molar-refractivity contribution in [2.45, 2.75) is 12.8 Å². The zero-order valence-corrected chi connectivity index (χ0v) is 21.7. The molecule has 3 aromatic heterocycles. The van der Waals surface area contributed by atoms with Gasteiger partial charge in [-0.3, -0.25) is 0 Å². The Labute approximate surface area is 227 Å². The van der Waals surface area contributed by atoms with E-state index in [0.717, 1.165) is 28.1 Å². The highest BCUT2D eigenvalue weighted by Gasteiger charge is 2.39. The Hall–Kier alpha value is -4.89. The summed E-state index contributed by atoms with van der Waals surface area (Å²) < 4.78 is 15.6. The second-order valence-electron chi connectivity index (χ2n) is 9.16. The van der Waals surface area contributed by atoms with Crippen LogP contribution in [0, 0.1) is 6.92 Å². The van der Waals surface area contributed by atoms with Crippen LogP contribution in [-0.4, -0.2) is 41.6 Å². The summed E-state index contributed by atoms with van der Waals surface area (Å²) >= 11 is 6.31. The minimum absolute atomic E-state index is 0.0914. The van der Waals surface area contributed by atoms with Crippen LogP contribution in [0.5, 0.6) is 23.3 Å². The highest BCUT2D eigenvalue weighted by Crippen LogP contribution is 2.51. The van der Waals surface area contributed by atoms with Gasteiger partial charge in [-0.15, -0.1) is 5.10 Å². The third-order valence-electron chi connectivity index (χ3n) is 6.87. The number of fused-ring (bicyclic) bond motifs is 4. The average Bonchev–Trinajstić information content (AvgIpc) is 3.53. The van der Waals surface area contributed by atoms with Crippen molar-refractivity contribution in [2.75, 3.05) is 7.11 Å². The van der Waals surface area contributed by atoms with Gasteiger partial charge < -0.3 is 14.6 Å². The molecule has 0 spiro atoms. The molecule has 1 atom stereocenters. The molecule has 0 saturated carbocycles. The first kappa shape index (κ1) is 23.2. The van der Waals surface area contributed by atoms with Crippen molar-refractivity contribution < 1.29 is 14.6 Å². The largest absolute Gasteiger partial charge is 0.507 e. The number of ether oxygens (including phenoxy) is 2. The van der Waals surface area contributed by atoms with Gasteiger partial charge in [0.25, 0.3) is 0 Å². The van der Waals surface area contributed by atoms with E-state index in [0.29, 0.717) is 39.6 Å². The second kappa shape index (κ2) is 8.85. The summed E-state index contributed by atoms with van der Waals surface area (Å²) in [5.41, 5.74) is 5.09. The van der Waals surface area contributed by atoms with E-state index < -0.39 is 0 Å². The Morgan fingerprint density at radius 1 is 0.974 bits per heavy atom. The highest BCUT2D eigenvalue weighted by molar-refractivity contribution is 6.30. The van der Waals surface area contributed by atoms with Gasteiger partial charge in [0.05, 0.1) is 41.1 Å². The van der Waals surface area contributed by atoms with E-state index in [1.165, 1.54) is 0 Å². The monoisotopic (exact) mass is 536 g/mol. The number of nitrogens with zero attached hydrogens (tertiary/aromatic N) is 6. The lowest BCUT2D eigenvalue weighted by atomic mass is 9.84. The summed E-state index contributed by atoms with van der Waals surface area (Å²) in [5, 5.41) is 20.5. The summed E-state index contributed by atoms with van der Waals surface area (Å²) in [7, 11) is 1.65. The zero-order valence-electron chi connectivity index (χ0n) is 20.9. The number of halogens is 1. The topological polar surface area (TPSA) is 99.6 Å². The number of hydrogen-bond donors (Lipinski definition) is 1. The standard InChI is InChI=1S/C29H21ClN6O3/c1-16-23-24(20-11-4-6-13-22(20)38-2)25-27-32-26(19-10-3-5-12-21(19)37)34-35(27)15-31-28(25)39-29(23)36(33-16)18-9-7-8-17(30)14-18/h3-15,24,37H,1-2H3/t24-/m1/s1. The summed E-state index contributed by atoms with van der Waals surface area (Å²) in [6.07, 6.45) is 1.56. The molecule has 0 saturated heterocycles. The van der Waals surface area contributed by atoms with Crippen LogP contribution in [0.4, 0.5) is 0 Å². The Balaban J connectivity index is 1.52. The van der Waals surface area contributed by atoms with E-state index in [1.807, 2.05) is 61.5 Å². The van der Waals surface area contributed by atoms with Gasteiger partial charge in [0.2, 0.25) is 11.8 Å². The molecule has 1 aliphatic heterocycles. The fourth-order valence-corrected chi connectivity index (χ4v) is 5.34. The molecule has 1 N–H and O–H groups in total. The summed E-state index contributed by atoms with van der Waals surface area (Å²) in [6, 6.07) is 22.2. The molecule has 0 fully saturated rings. The van der Waals surface area contributed by atoms with Gasteiger partial charge >= 0.3 is 0 Å². The quantitative estimate of drug-likeness (QED) is 0.297. The molecule has 9 nitrogen and oxygen atoms in total. The SMILES string of the molecule is COc1ccccc1[C@@H]1c2c(C)nn(-c3cccc(Cl)c3)c2Oc2ncn3nc(-c4ccccc4O)nc3c21. The Morgan fingerprint density at radius 3 is 2.62 bits per heavy atom. The number of benzene rings is 3. The third kappa shape index (κ3) is 3.62. The van der Waals surface area contributed by atoms with E-state index in [1.54, 1.807) is 40.8 Å². The molecule has 1 aliphatic rings. The molecule has 3 aromatic carbocycles. The molecule has 0 amide bonds. The normalized spacial score (nSPS) is 14.1. The van der Waals surface area contributed by atoms with Crippen LogP contribution in [0.2, 0.25) is 5.02 Å². The lowest BCUT2D eigenvalue weighted by Gasteiger charge is -2.27. The molecular formula is C29H21ClN6O3. The minimum Gasteiger partial charge on any atom is -0.507 e. The van der Waals surface area contributed by atoms with Gasteiger partial charge in [0, 0.05) is 10.6 Å². The summed E-state index contributed by atoms with van der Waals surface area (Å²) in [5.74, 6) is 1.71. The number of aromatic nitrogens is 6. The Kier molecular flexibility index (Phi) is 5.27. The number of phenolic OH excluding ortho intramolecular Hbond substituents is 1. The molecule has 0 bridgehead atoms. The molecule has 39 heavy (non-hydrogen) atoms. The average molecular weight is 537 g/mol. The van der Waals surface area contributed by atoms with E-state index in [9.17, 15) is 5.11 Å². The maximum Gasteiger partial charge on any atom is 0.230 e. The van der Waals surface area contributed by atoms with Gasteiger partial charge in [0.1, 0.15) is 17.8 Å². The maximum atomic E-state index is 10.5. The smallest absolute Gasteiger partial charge is 0.230 e. The lowest BCUT2D eigenvalue weighted by molar-refractivity contribution is 0.393. The van der Waals surface area contributed by atoms with Crippen LogP contribution in [0.1, 0.15) is 28.3 Å². The van der Waals surface area contributed by atoms with Crippen molar-refractivity contribution in [1.29, 1.82) is 0 Å². The first-order valence-corrected chi connectivity index (χ1v) is 12.6. The first-order chi connectivity index (χ1) is 19.0. The number of methoxy groups -OCH3 is 1. The maximum absolute atomic E-state index is 10.5. The number of para-hydroxylation sites is 2. The van der Waals surface area contributed by atoms with E-state index in [2.05, 4.69) is 10.1 Å². The van der Waals surface area contributed by atoms with Crippen LogP contribution >= 0.6 is 11.6 Å². The van der Waals surface area contributed by atoms with Gasteiger partial charge in [-0.25, -0.2) is 19.2 Å². The molecule has 10 heteroatoms. The molecule has 192 valence electrons. The van der Waals surface area contributed by atoms with Crippen molar-refractivity contribution in [2.24, 2.45) is 0 Å². The van der Waals surface area contributed by atoms with Crippen LogP contribution in [0.25, 0.3) is 22.7 Å². The molecule has 0 unspecified atom stereocenters. The van der Waals surface area contributed by atoms with Crippen molar-refractivity contribution in [3.63, 3.8) is 0 Å². The van der Waals surface area contributed by atoms with Gasteiger partial charge in [0.15, 0.2) is 11.5 Å². The van der Waals surface area contributed by atoms with Crippen LogP contribution in [0.3, 0.4) is 0 Å². The van der Waals surface area contributed by atoms with Crippen molar-refractivity contribution >= 4 is 17.2 Å². The highest BCUT2D eigenvalue weighted by atomic mass is 35.5. The summed E-state index contributed by atoms with van der Waals surface area (Å²) in [6.45, 7) is 1.95. The fraction of sp³-hybridized carbons (Fsp3) is 0.103. The fourth-order valence-electron chi connectivity index (χ4n) is 5.15. The molecule has 0 aliphatic carbocycles. The second-order valence-corrected chi connectivity index (χ2v) is 9.59. The van der Waals surface area contributed by atoms with Gasteiger partial charge in [-0.2, -0.15) is 5.10 Å². The van der Waals surface area contributed by atoms with Crippen LogP contribution in [-0.2, 0) is 0 Å². The molecule has 4 heterocycles. The number of aryl methyl sites for hydroxylation is 1. The zero-order chi connectivity index (χ0) is 26.7. The Morgan fingerprint density at radius 2 is 1.79 bits per heavy atom. The molecule has 0 radical (unpaired) electrons. The predicted octanol–water partition coefficient (Wildman–Crippen LogP) is 5.94. The van der Waals surface area contributed by atoms with Crippen LogP contribution in [0.15, 0.2) is 79.1 Å². The lowest BCUT2D eigenvalue weighted by Crippen LogP contribution is -2.16. The van der Waals surface area contributed by atoms with Crippen molar-refractivity contribution in [1.82, 2.24) is 29.4 Å². The molecular weight excluding hydrogens is 516 g/mol. The van der Waals surface area contributed by atoms with Crippen molar-refractivity contribution in [3.8, 4) is 40.3 Å². The first-order valence-electron chi connectivity index (χ1n) is 12.2. The van der Waals surface area contributed by atoms with Crippen molar-refractivity contribution in [3.05, 3.63) is 107 Å². The number of rotatable bonds is 4. The molecule has 7 rings (SSSR count). The van der Waals surface area contributed by atoms with E-state index in [-0.39, 0.29) is 11.7 Å². The summed E-state index contributed by atoms with van der Waals surface area (Å²) in [4.78, 5) is 9.49. The molecule has 6 aromatic rings. The third-order valence-corrected chi connectivity index (χ3v) is 7.10. The van der Waals surface area contributed by atoms with Crippen LogP contribution < -0.4 is 9.47 Å².